The summed E-state index contributed by atoms with van der Waals surface area (Å²) >= 11 is 0. The minimum atomic E-state index is -0.492. The molecular weight excluding hydrogens is 228 g/mol. The van der Waals surface area contributed by atoms with Gasteiger partial charge in [0.2, 0.25) is 0 Å². The molecule has 18 heavy (non-hydrogen) atoms. The number of Topliss-reactive ketones (excluding diaryl/α,β-unsaturated/α-hetero) is 1. The maximum absolute atomic E-state index is 12.0. The van der Waals surface area contributed by atoms with E-state index < -0.39 is 11.7 Å². The normalized spacial score (nSPS) is 13.9. The lowest BCUT2D eigenvalue weighted by atomic mass is 10.0. The first-order valence-corrected chi connectivity index (χ1v) is 5.57. The topological polar surface area (TPSA) is 50.3 Å². The maximum atomic E-state index is 12.0. The first-order chi connectivity index (χ1) is 8.70. The summed E-state index contributed by atoms with van der Waals surface area (Å²) in [6.45, 7) is 0. The second-order valence-corrected chi connectivity index (χ2v) is 4.11. The van der Waals surface area contributed by atoms with Crippen LogP contribution in [0.4, 0.5) is 5.69 Å². The van der Waals surface area contributed by atoms with Gasteiger partial charge in [0.05, 0.1) is 16.9 Å². The lowest BCUT2D eigenvalue weighted by Gasteiger charge is -2.09. The third kappa shape index (κ3) is 1.35. The third-order valence-electron chi connectivity index (χ3n) is 3.07. The van der Waals surface area contributed by atoms with Gasteiger partial charge in [0.15, 0.2) is 0 Å². The van der Waals surface area contributed by atoms with Gasteiger partial charge in [-0.3, -0.25) is 14.6 Å². The van der Waals surface area contributed by atoms with Gasteiger partial charge in [-0.25, -0.2) is 0 Å². The molecule has 1 aromatic carbocycles. The first-order valence-electron chi connectivity index (χ1n) is 5.57. The number of anilines is 1. The highest BCUT2D eigenvalue weighted by molar-refractivity contribution is 6.53. The zero-order chi connectivity index (χ0) is 12.7. The molecule has 0 bridgehead atoms. The average Bonchev–Trinajstić information content (AvgIpc) is 2.65. The van der Waals surface area contributed by atoms with Crippen molar-refractivity contribution < 1.29 is 9.59 Å². The largest absolute Gasteiger partial charge is 0.308 e. The van der Waals surface area contributed by atoms with Gasteiger partial charge in [-0.15, -0.1) is 0 Å². The number of carbonyl (C=O) groups excluding carboxylic acids is 2. The number of benzene rings is 1. The summed E-state index contributed by atoms with van der Waals surface area (Å²) in [7, 11) is 1.61. The van der Waals surface area contributed by atoms with Crippen molar-refractivity contribution in [2.75, 3.05) is 11.9 Å². The van der Waals surface area contributed by atoms with Gasteiger partial charge in [0, 0.05) is 18.8 Å². The van der Waals surface area contributed by atoms with E-state index in [0.717, 1.165) is 0 Å². The van der Waals surface area contributed by atoms with Crippen molar-refractivity contribution in [1.82, 2.24) is 4.98 Å². The fourth-order valence-electron chi connectivity index (χ4n) is 2.16. The Bertz CT molecular complexity index is 650. The number of hydrogen-bond acceptors (Lipinski definition) is 3. The average molecular weight is 238 g/mol. The van der Waals surface area contributed by atoms with Crippen LogP contribution in [-0.4, -0.2) is 23.7 Å². The molecule has 0 saturated carbocycles. The highest BCUT2D eigenvalue weighted by atomic mass is 16.2. The lowest BCUT2D eigenvalue weighted by Crippen LogP contribution is -2.24. The Labute approximate surface area is 104 Å². The molecule has 0 radical (unpaired) electrons. The van der Waals surface area contributed by atoms with Gasteiger partial charge in [-0.1, -0.05) is 18.2 Å². The van der Waals surface area contributed by atoms with Crippen LogP contribution in [0.2, 0.25) is 0 Å². The molecule has 1 aliphatic rings. The lowest BCUT2D eigenvalue weighted by molar-refractivity contribution is -0.114. The predicted molar refractivity (Wildman–Crippen MR) is 67.4 cm³/mol. The molecule has 88 valence electrons. The van der Waals surface area contributed by atoms with Crippen LogP contribution in [-0.2, 0) is 4.79 Å². The van der Waals surface area contributed by atoms with Gasteiger partial charge in [0.1, 0.15) is 0 Å². The van der Waals surface area contributed by atoms with Gasteiger partial charge >= 0.3 is 0 Å². The number of aromatic nitrogens is 1. The molecule has 4 nitrogen and oxygen atoms in total. The molecule has 0 N–H and O–H groups in total. The molecule has 0 aliphatic carbocycles. The smallest absolute Gasteiger partial charge is 0.299 e. The Balaban J connectivity index is 2.27. The van der Waals surface area contributed by atoms with Gasteiger partial charge < -0.3 is 4.90 Å². The number of ketones is 1. The minimum Gasteiger partial charge on any atom is -0.308 e. The van der Waals surface area contributed by atoms with Crippen molar-refractivity contribution in [1.29, 1.82) is 0 Å². The second-order valence-electron chi connectivity index (χ2n) is 4.11. The summed E-state index contributed by atoms with van der Waals surface area (Å²) < 4.78 is 0. The number of fused-ring (bicyclic) bond motifs is 1. The monoisotopic (exact) mass is 238 g/mol. The second kappa shape index (κ2) is 3.77. The standard InChI is InChI=1S/C14H10N2O2/c1-16-11-7-4-5-9(10-6-2-3-8-15-10)12(11)13(17)14(16)18/h2-8H,1H3. The van der Waals surface area contributed by atoms with Crippen molar-refractivity contribution in [3.05, 3.63) is 48.2 Å². The van der Waals surface area contributed by atoms with Crippen molar-refractivity contribution in [3.8, 4) is 11.3 Å². The summed E-state index contributed by atoms with van der Waals surface area (Å²) in [4.78, 5) is 29.3. The highest BCUT2D eigenvalue weighted by Crippen LogP contribution is 2.34. The van der Waals surface area contributed by atoms with Crippen LogP contribution in [0.5, 0.6) is 0 Å². The summed E-state index contributed by atoms with van der Waals surface area (Å²) in [5, 5.41) is 0. The van der Waals surface area contributed by atoms with Crippen molar-refractivity contribution >= 4 is 17.4 Å². The molecule has 2 aromatic rings. The molecule has 4 heteroatoms. The van der Waals surface area contributed by atoms with Gasteiger partial charge in [-0.2, -0.15) is 0 Å². The third-order valence-corrected chi connectivity index (χ3v) is 3.07. The van der Waals surface area contributed by atoms with Gasteiger partial charge in [-0.05, 0) is 18.2 Å². The van der Waals surface area contributed by atoms with Crippen LogP contribution < -0.4 is 4.90 Å². The van der Waals surface area contributed by atoms with Crippen LogP contribution in [0, 0.1) is 0 Å². The number of amides is 1. The van der Waals surface area contributed by atoms with Crippen LogP contribution in [0.25, 0.3) is 11.3 Å². The molecule has 0 spiro atoms. The molecule has 1 aliphatic heterocycles. The summed E-state index contributed by atoms with van der Waals surface area (Å²) in [6, 6.07) is 10.9. The van der Waals surface area contributed by atoms with E-state index in [1.165, 1.54) is 4.90 Å². The van der Waals surface area contributed by atoms with E-state index in [1.807, 2.05) is 30.3 Å². The number of hydrogen-bond donors (Lipinski definition) is 0. The fourth-order valence-corrected chi connectivity index (χ4v) is 2.16. The zero-order valence-electron chi connectivity index (χ0n) is 9.75. The van der Waals surface area contributed by atoms with E-state index in [2.05, 4.69) is 4.98 Å². The van der Waals surface area contributed by atoms with Gasteiger partial charge in [0.25, 0.3) is 11.7 Å². The Kier molecular flexibility index (Phi) is 2.23. The molecule has 0 fully saturated rings. The molecule has 1 amide bonds. The van der Waals surface area contributed by atoms with Crippen molar-refractivity contribution in [2.24, 2.45) is 0 Å². The van der Waals surface area contributed by atoms with Crippen LogP contribution in [0.1, 0.15) is 10.4 Å². The molecule has 1 aromatic heterocycles. The molecule has 0 unspecified atom stereocenters. The maximum Gasteiger partial charge on any atom is 0.299 e. The number of nitrogens with zero attached hydrogens (tertiary/aromatic N) is 2. The van der Waals surface area contributed by atoms with E-state index in [9.17, 15) is 9.59 Å². The Morgan fingerprint density at radius 2 is 1.89 bits per heavy atom. The van der Waals surface area contributed by atoms with E-state index in [1.54, 1.807) is 19.3 Å². The molecular formula is C14H10N2O2. The molecule has 3 rings (SSSR count). The quantitative estimate of drug-likeness (QED) is 0.713. The van der Waals surface area contributed by atoms with E-state index >= 15 is 0 Å². The summed E-state index contributed by atoms with van der Waals surface area (Å²) in [6.07, 6.45) is 1.67. The van der Waals surface area contributed by atoms with E-state index in [4.69, 9.17) is 0 Å². The van der Waals surface area contributed by atoms with Crippen molar-refractivity contribution in [2.45, 2.75) is 0 Å². The zero-order valence-corrected chi connectivity index (χ0v) is 9.75. The first kappa shape index (κ1) is 10.7. The fraction of sp³-hybridized carbons (Fsp3) is 0.0714. The Hall–Kier alpha value is -2.49. The van der Waals surface area contributed by atoms with Crippen LogP contribution in [0.15, 0.2) is 42.6 Å². The number of rotatable bonds is 1. The Morgan fingerprint density at radius 1 is 1.06 bits per heavy atom. The SMILES string of the molecule is CN1C(=O)C(=O)c2c(-c3ccccn3)cccc21. The van der Waals surface area contributed by atoms with Crippen LogP contribution >= 0.6 is 0 Å². The van der Waals surface area contributed by atoms with Crippen molar-refractivity contribution in [3.63, 3.8) is 0 Å². The molecule has 2 heterocycles. The Morgan fingerprint density at radius 3 is 2.61 bits per heavy atom. The highest BCUT2D eigenvalue weighted by Gasteiger charge is 2.35. The number of pyridine rings is 1. The predicted octanol–water partition coefficient (Wildman–Crippen LogP) is 1.91. The molecule has 0 atom stereocenters. The van der Waals surface area contributed by atoms with Crippen LogP contribution in [0.3, 0.4) is 0 Å². The summed E-state index contributed by atoms with van der Waals surface area (Å²) in [5.41, 5.74) is 2.50. The number of carbonyl (C=O) groups is 2. The molecule has 0 saturated heterocycles. The summed E-state index contributed by atoms with van der Waals surface area (Å²) in [5.74, 6) is -0.956. The minimum absolute atomic E-state index is 0.448. The van der Waals surface area contributed by atoms with E-state index in [-0.39, 0.29) is 0 Å². The van der Waals surface area contributed by atoms with E-state index in [0.29, 0.717) is 22.5 Å². The number of likely N-dealkylation sites (N-methyl/N-ethyl adjacent to an activating group) is 1.